The second kappa shape index (κ2) is 8.60. The zero-order valence-electron chi connectivity index (χ0n) is 21.6. The van der Waals surface area contributed by atoms with Crippen LogP contribution in [0, 0.1) is 6.92 Å². The largest absolute Gasteiger partial charge is 0.491 e. The summed E-state index contributed by atoms with van der Waals surface area (Å²) in [6.07, 6.45) is -4.56. The quantitative estimate of drug-likeness (QED) is 0.269. The molecule has 0 aromatic heterocycles. The van der Waals surface area contributed by atoms with Gasteiger partial charge in [-0.2, -0.15) is 13.2 Å². The summed E-state index contributed by atoms with van der Waals surface area (Å²) in [5.41, 5.74) is 2.00. The van der Waals surface area contributed by atoms with E-state index in [1.807, 2.05) is 55.5 Å². The van der Waals surface area contributed by atoms with Crippen LogP contribution in [0.5, 0.6) is 17.2 Å². The molecule has 0 fully saturated rings. The molecule has 5 nitrogen and oxygen atoms in total. The van der Waals surface area contributed by atoms with Crippen LogP contribution in [0.25, 0.3) is 0 Å². The predicted octanol–water partition coefficient (Wildman–Crippen LogP) is 6.67. The molecule has 0 N–H and O–H groups in total. The van der Waals surface area contributed by atoms with E-state index < -0.39 is 17.2 Å². The van der Waals surface area contributed by atoms with Gasteiger partial charge in [-0.05, 0) is 25.1 Å². The Bertz CT molecular complexity index is 1680. The highest BCUT2D eigenvalue weighted by Gasteiger charge is 2.67. The molecule has 2 unspecified atom stereocenters. The molecule has 0 saturated heterocycles. The number of rotatable bonds is 4. The number of nitrogens with zero attached hydrogens (tertiary/aromatic N) is 1. The van der Waals surface area contributed by atoms with Gasteiger partial charge in [0.15, 0.2) is 16.9 Å². The summed E-state index contributed by atoms with van der Waals surface area (Å²) in [6.45, 7) is 2.08. The van der Waals surface area contributed by atoms with Gasteiger partial charge in [-0.3, -0.25) is 0 Å². The van der Waals surface area contributed by atoms with Crippen molar-refractivity contribution in [2.45, 2.75) is 31.6 Å². The smallest absolute Gasteiger partial charge is 0.416 e. The minimum atomic E-state index is -4.56. The molecule has 8 heteroatoms. The number of carbonyl (C=O) groups excluding carboxylic acids is 1. The van der Waals surface area contributed by atoms with Crippen LogP contribution in [0.4, 0.5) is 18.9 Å². The van der Waals surface area contributed by atoms with Gasteiger partial charge in [0.25, 0.3) is 0 Å². The summed E-state index contributed by atoms with van der Waals surface area (Å²) >= 11 is 0. The molecule has 202 valence electrons. The maximum absolute atomic E-state index is 15.2. The topological polar surface area (TPSA) is 44.8 Å². The first-order valence-corrected chi connectivity index (χ1v) is 13.0. The third-order valence-corrected chi connectivity index (χ3v) is 8.26. The number of quaternary nitrogens is 1. The van der Waals surface area contributed by atoms with Gasteiger partial charge in [-0.15, -0.1) is 0 Å². The van der Waals surface area contributed by atoms with Crippen LogP contribution in [0.15, 0.2) is 84.9 Å². The third kappa shape index (κ3) is 3.48. The van der Waals surface area contributed by atoms with E-state index in [2.05, 4.69) is 0 Å². The van der Waals surface area contributed by atoms with E-state index in [-0.39, 0.29) is 42.4 Å². The summed E-state index contributed by atoms with van der Waals surface area (Å²) < 4.78 is 59.6. The van der Waals surface area contributed by atoms with Gasteiger partial charge >= 0.3 is 12.1 Å². The Hall–Kier alpha value is -4.30. The molecule has 0 aliphatic carbocycles. The van der Waals surface area contributed by atoms with Crippen molar-refractivity contribution in [3.05, 3.63) is 118 Å². The van der Waals surface area contributed by atoms with E-state index in [0.717, 1.165) is 22.8 Å². The molecule has 0 radical (unpaired) electrons. The molecule has 3 heterocycles. The summed E-state index contributed by atoms with van der Waals surface area (Å²) in [5.74, 6) is 1.33. The highest BCUT2D eigenvalue weighted by atomic mass is 19.4. The second-order valence-corrected chi connectivity index (χ2v) is 10.6. The zero-order chi connectivity index (χ0) is 27.7. The number of ether oxygens (including phenoxy) is 3. The Morgan fingerprint density at radius 1 is 0.800 bits per heavy atom. The minimum Gasteiger partial charge on any atom is -0.491 e. The number of halogens is 3. The molecule has 0 saturated carbocycles. The number of benzene rings is 4. The third-order valence-electron chi connectivity index (χ3n) is 8.26. The van der Waals surface area contributed by atoms with Crippen molar-refractivity contribution in [2.75, 3.05) is 13.4 Å². The van der Waals surface area contributed by atoms with Crippen LogP contribution in [-0.2, 0) is 29.5 Å². The lowest BCUT2D eigenvalue weighted by molar-refractivity contribution is -0.140. The van der Waals surface area contributed by atoms with Crippen molar-refractivity contribution >= 4 is 11.6 Å². The number of fused-ring (bicyclic) bond motifs is 5. The van der Waals surface area contributed by atoms with Crippen molar-refractivity contribution in [1.82, 2.24) is 4.48 Å². The number of amides is 1. The predicted molar refractivity (Wildman–Crippen MR) is 142 cm³/mol. The number of hydrogen-bond donors (Lipinski definition) is 0. The second-order valence-electron chi connectivity index (χ2n) is 10.6. The lowest BCUT2D eigenvalue weighted by Crippen LogP contribution is -2.56. The fourth-order valence-electron chi connectivity index (χ4n) is 6.56. The SMILES string of the molecule is Cc1cccc(C[N+]2(Cc3ccccc3C(F)(F)F)C(=O)C3(COc4cc5c(cc43)OCO5)c3ccccc32)c1. The van der Waals surface area contributed by atoms with Crippen molar-refractivity contribution in [3.63, 3.8) is 0 Å². The van der Waals surface area contributed by atoms with Gasteiger partial charge in [-0.1, -0.05) is 66.2 Å². The van der Waals surface area contributed by atoms with Crippen molar-refractivity contribution in [2.24, 2.45) is 0 Å². The molecule has 4 aromatic carbocycles. The Kier molecular flexibility index (Phi) is 5.31. The van der Waals surface area contributed by atoms with Gasteiger partial charge in [0.1, 0.15) is 31.1 Å². The molecule has 1 spiro atoms. The van der Waals surface area contributed by atoms with Gasteiger partial charge in [0.2, 0.25) is 6.79 Å². The zero-order valence-corrected chi connectivity index (χ0v) is 21.6. The molecule has 4 aromatic rings. The Balaban J connectivity index is 1.47. The minimum absolute atomic E-state index is 0.0375. The fourth-order valence-corrected chi connectivity index (χ4v) is 6.56. The Labute approximate surface area is 228 Å². The molecule has 7 rings (SSSR count). The monoisotopic (exact) mass is 544 g/mol. The first kappa shape index (κ1) is 24.7. The average molecular weight is 545 g/mol. The average Bonchev–Trinajstić information content (AvgIpc) is 3.59. The lowest BCUT2D eigenvalue weighted by atomic mass is 9.77. The molecule has 40 heavy (non-hydrogen) atoms. The van der Waals surface area contributed by atoms with Crippen molar-refractivity contribution < 1.29 is 32.2 Å². The molecular weight excluding hydrogens is 519 g/mol. The highest BCUT2D eigenvalue weighted by molar-refractivity contribution is 6.08. The molecule has 0 bridgehead atoms. The highest BCUT2D eigenvalue weighted by Crippen LogP contribution is 2.58. The van der Waals surface area contributed by atoms with Crippen LogP contribution < -0.4 is 18.7 Å². The van der Waals surface area contributed by atoms with Crippen LogP contribution in [0.2, 0.25) is 0 Å². The molecule has 1 amide bonds. The van der Waals surface area contributed by atoms with Gasteiger partial charge in [0, 0.05) is 28.3 Å². The van der Waals surface area contributed by atoms with Crippen LogP contribution in [0.1, 0.15) is 33.4 Å². The normalized spacial score (nSPS) is 22.4. The summed E-state index contributed by atoms with van der Waals surface area (Å²) in [5, 5.41) is 0. The van der Waals surface area contributed by atoms with Crippen molar-refractivity contribution in [1.29, 1.82) is 0 Å². The Morgan fingerprint density at radius 2 is 1.55 bits per heavy atom. The van der Waals surface area contributed by atoms with Gasteiger partial charge < -0.3 is 14.2 Å². The number of para-hydroxylation sites is 1. The van der Waals surface area contributed by atoms with E-state index in [1.54, 1.807) is 18.2 Å². The number of hydrogen-bond acceptors (Lipinski definition) is 4. The first-order chi connectivity index (χ1) is 19.2. The first-order valence-electron chi connectivity index (χ1n) is 13.0. The molecule has 2 atom stereocenters. The maximum atomic E-state index is 15.2. The standard InChI is InChI=1S/C32H25F3NO4/c1-20-7-6-8-21(13-20)16-36(17-22-9-2-3-10-23(22)32(33,34)35)26-12-5-4-11-24(26)31(30(36)37)18-38-27-15-29-28(14-25(27)31)39-19-40-29/h2-15H,16-19H2,1H3/q+1. The summed E-state index contributed by atoms with van der Waals surface area (Å²) in [7, 11) is 0. The van der Waals surface area contributed by atoms with E-state index in [4.69, 9.17) is 14.2 Å². The van der Waals surface area contributed by atoms with Gasteiger partial charge in [-0.25, -0.2) is 9.28 Å². The molecular formula is C32H25F3NO4+. The number of aryl methyl sites for hydroxylation is 1. The lowest BCUT2D eigenvalue weighted by Gasteiger charge is -2.34. The van der Waals surface area contributed by atoms with E-state index >= 15 is 4.79 Å². The van der Waals surface area contributed by atoms with Crippen LogP contribution >= 0.6 is 0 Å². The summed E-state index contributed by atoms with van der Waals surface area (Å²) in [6, 6.07) is 24.2. The fraction of sp³-hybridized carbons (Fsp3) is 0.219. The molecule has 3 aliphatic rings. The Morgan fingerprint density at radius 3 is 2.35 bits per heavy atom. The maximum Gasteiger partial charge on any atom is 0.416 e. The van der Waals surface area contributed by atoms with E-state index in [9.17, 15) is 13.2 Å². The number of carbonyl (C=O) groups is 1. The van der Waals surface area contributed by atoms with E-state index in [1.165, 1.54) is 12.1 Å². The molecule has 3 aliphatic heterocycles. The van der Waals surface area contributed by atoms with Gasteiger partial charge in [0.05, 0.1) is 5.56 Å². The van der Waals surface area contributed by atoms with E-state index in [0.29, 0.717) is 28.5 Å². The number of alkyl halides is 3. The van der Waals surface area contributed by atoms with Crippen LogP contribution in [-0.4, -0.2) is 19.3 Å². The summed E-state index contributed by atoms with van der Waals surface area (Å²) in [4.78, 5) is 15.2. The van der Waals surface area contributed by atoms with Crippen LogP contribution in [0.3, 0.4) is 0 Å². The van der Waals surface area contributed by atoms with Crippen molar-refractivity contribution in [3.8, 4) is 17.2 Å².